The number of hydrogen-bond donors (Lipinski definition) is 3. The number of rotatable bonds is 5. The molecule has 1 aliphatic rings. The second-order valence-corrected chi connectivity index (χ2v) is 7.86. The summed E-state index contributed by atoms with van der Waals surface area (Å²) in [6.07, 6.45) is 0. The molecule has 10 heteroatoms. The first-order chi connectivity index (χ1) is 12.7. The van der Waals surface area contributed by atoms with Crippen LogP contribution in [-0.4, -0.2) is 35.2 Å². The third-order valence-corrected chi connectivity index (χ3v) is 5.49. The van der Waals surface area contributed by atoms with Gasteiger partial charge < -0.3 is 16.4 Å². The minimum Gasteiger partial charge on any atom is -0.366 e. The second kappa shape index (κ2) is 7.12. The number of nitrogens with zero attached hydrogens (tertiary/aromatic N) is 1. The van der Waals surface area contributed by atoms with Crippen LogP contribution in [0.15, 0.2) is 40.2 Å². The number of nitrogens with two attached hydrogens (primary N) is 1. The third kappa shape index (κ3) is 3.58. The Morgan fingerprint density at radius 2 is 2.07 bits per heavy atom. The lowest BCUT2D eigenvalue weighted by Crippen LogP contribution is -2.42. The van der Waals surface area contributed by atoms with Gasteiger partial charge in [0.05, 0.1) is 5.56 Å². The van der Waals surface area contributed by atoms with Gasteiger partial charge in [-0.25, -0.2) is 4.79 Å². The SMILES string of the molecule is C[C@@]1(c2cccc(Br)c2)NC(=O)N(CC(=O)Nc2sccc2C(N)=O)C1=O. The number of hydrogen-bond acceptors (Lipinski definition) is 5. The first kappa shape index (κ1) is 19.1. The van der Waals surface area contributed by atoms with Crippen LogP contribution < -0.4 is 16.4 Å². The molecular weight excluding hydrogens is 436 g/mol. The summed E-state index contributed by atoms with van der Waals surface area (Å²) in [6.45, 7) is 1.10. The van der Waals surface area contributed by atoms with E-state index in [4.69, 9.17) is 5.73 Å². The first-order valence-corrected chi connectivity index (χ1v) is 9.47. The second-order valence-electron chi connectivity index (χ2n) is 6.03. The molecule has 4 N–H and O–H groups in total. The summed E-state index contributed by atoms with van der Waals surface area (Å²) in [5.74, 6) is -1.83. The Hall–Kier alpha value is -2.72. The highest BCUT2D eigenvalue weighted by atomic mass is 79.9. The summed E-state index contributed by atoms with van der Waals surface area (Å²) in [4.78, 5) is 49.6. The summed E-state index contributed by atoms with van der Waals surface area (Å²) in [7, 11) is 0. The number of urea groups is 1. The minimum absolute atomic E-state index is 0.171. The smallest absolute Gasteiger partial charge is 0.325 e. The predicted molar refractivity (Wildman–Crippen MR) is 103 cm³/mol. The van der Waals surface area contributed by atoms with Crippen molar-refractivity contribution in [3.8, 4) is 0 Å². The Kier molecular flexibility index (Phi) is 5.03. The molecule has 1 atom stereocenters. The lowest BCUT2D eigenvalue weighted by atomic mass is 9.92. The number of amides is 5. The molecule has 5 amide bonds. The fraction of sp³-hybridized carbons (Fsp3) is 0.176. The zero-order valence-corrected chi connectivity index (χ0v) is 16.5. The molecule has 2 aromatic rings. The Bertz CT molecular complexity index is 960. The molecule has 1 aromatic carbocycles. The highest BCUT2D eigenvalue weighted by Gasteiger charge is 2.49. The average molecular weight is 451 g/mol. The molecule has 0 unspecified atom stereocenters. The van der Waals surface area contributed by atoms with Crippen molar-refractivity contribution in [1.82, 2.24) is 10.2 Å². The lowest BCUT2D eigenvalue weighted by Gasteiger charge is -2.22. The number of nitrogens with one attached hydrogen (secondary N) is 2. The van der Waals surface area contributed by atoms with Crippen LogP contribution >= 0.6 is 27.3 Å². The van der Waals surface area contributed by atoms with Gasteiger partial charge in [0.15, 0.2) is 0 Å². The Morgan fingerprint density at radius 3 is 2.74 bits per heavy atom. The van der Waals surface area contributed by atoms with Crippen LogP contribution in [0.4, 0.5) is 9.80 Å². The quantitative estimate of drug-likeness (QED) is 0.602. The van der Waals surface area contributed by atoms with Crippen LogP contribution in [0.1, 0.15) is 22.8 Å². The van der Waals surface area contributed by atoms with Gasteiger partial charge in [-0.15, -0.1) is 11.3 Å². The maximum atomic E-state index is 12.8. The Labute approximate surface area is 166 Å². The van der Waals surface area contributed by atoms with Crippen LogP contribution in [0.25, 0.3) is 0 Å². The maximum Gasteiger partial charge on any atom is 0.325 e. The molecule has 27 heavy (non-hydrogen) atoms. The van der Waals surface area contributed by atoms with Gasteiger partial charge in [0.2, 0.25) is 5.91 Å². The molecule has 2 heterocycles. The molecule has 0 bridgehead atoms. The number of benzene rings is 1. The molecule has 1 aliphatic heterocycles. The number of thiophene rings is 1. The van der Waals surface area contributed by atoms with Crippen LogP contribution in [0.3, 0.4) is 0 Å². The van der Waals surface area contributed by atoms with Gasteiger partial charge in [0.1, 0.15) is 17.1 Å². The number of carbonyl (C=O) groups is 4. The topological polar surface area (TPSA) is 122 Å². The molecule has 0 saturated carbocycles. The highest BCUT2D eigenvalue weighted by Crippen LogP contribution is 2.30. The monoisotopic (exact) mass is 450 g/mol. The Morgan fingerprint density at radius 1 is 1.33 bits per heavy atom. The van der Waals surface area contributed by atoms with E-state index in [9.17, 15) is 19.2 Å². The zero-order valence-electron chi connectivity index (χ0n) is 14.1. The summed E-state index contributed by atoms with van der Waals surface area (Å²) in [5.41, 5.74) is 4.72. The van der Waals surface area contributed by atoms with Crippen molar-refractivity contribution in [2.45, 2.75) is 12.5 Å². The molecule has 140 valence electrons. The lowest BCUT2D eigenvalue weighted by molar-refractivity contribution is -0.133. The fourth-order valence-electron chi connectivity index (χ4n) is 2.75. The summed E-state index contributed by atoms with van der Waals surface area (Å²) in [5, 5.41) is 7.02. The normalized spacial score (nSPS) is 19.1. The molecular formula is C17H15BrN4O4S. The van der Waals surface area contributed by atoms with Gasteiger partial charge in [-0.3, -0.25) is 19.3 Å². The summed E-state index contributed by atoms with van der Waals surface area (Å²) >= 11 is 4.46. The number of halogens is 1. The van der Waals surface area contributed by atoms with E-state index < -0.39 is 35.8 Å². The molecule has 8 nitrogen and oxygen atoms in total. The van der Waals surface area contributed by atoms with Crippen LogP contribution in [0.5, 0.6) is 0 Å². The fourth-order valence-corrected chi connectivity index (χ4v) is 3.95. The predicted octanol–water partition coefficient (Wildman–Crippen LogP) is 2.02. The van der Waals surface area contributed by atoms with Crippen LogP contribution in [0, 0.1) is 0 Å². The van der Waals surface area contributed by atoms with E-state index >= 15 is 0 Å². The van der Waals surface area contributed by atoms with Gasteiger partial charge in [-0.1, -0.05) is 28.1 Å². The van der Waals surface area contributed by atoms with Crippen molar-refractivity contribution in [3.05, 3.63) is 51.3 Å². The van der Waals surface area contributed by atoms with Crippen molar-refractivity contribution in [1.29, 1.82) is 0 Å². The first-order valence-electron chi connectivity index (χ1n) is 7.79. The number of imide groups is 1. The van der Waals surface area contributed by atoms with E-state index in [0.717, 1.165) is 20.7 Å². The van der Waals surface area contributed by atoms with E-state index in [1.807, 2.05) is 0 Å². The van der Waals surface area contributed by atoms with E-state index in [1.165, 1.54) is 6.07 Å². The van der Waals surface area contributed by atoms with Gasteiger partial charge >= 0.3 is 6.03 Å². The van der Waals surface area contributed by atoms with E-state index in [0.29, 0.717) is 5.56 Å². The number of primary amides is 1. The number of carbonyl (C=O) groups excluding carboxylic acids is 4. The molecule has 0 radical (unpaired) electrons. The zero-order chi connectivity index (χ0) is 19.8. The Balaban J connectivity index is 1.76. The van der Waals surface area contributed by atoms with Crippen LogP contribution in [-0.2, 0) is 15.1 Å². The van der Waals surface area contributed by atoms with Crippen molar-refractivity contribution >= 4 is 56.0 Å². The van der Waals surface area contributed by atoms with Gasteiger partial charge in [0, 0.05) is 4.47 Å². The van der Waals surface area contributed by atoms with Crippen molar-refractivity contribution in [3.63, 3.8) is 0 Å². The molecule has 0 aliphatic carbocycles. The minimum atomic E-state index is -1.28. The van der Waals surface area contributed by atoms with Gasteiger partial charge in [-0.05, 0) is 36.1 Å². The largest absolute Gasteiger partial charge is 0.366 e. The van der Waals surface area contributed by atoms with Gasteiger partial charge in [0.25, 0.3) is 11.8 Å². The molecule has 0 spiro atoms. The third-order valence-electron chi connectivity index (χ3n) is 4.16. The standard InChI is InChI=1S/C17H15BrN4O4S/c1-17(9-3-2-4-10(18)7-9)15(25)22(16(26)21-17)8-12(23)20-14-11(13(19)24)5-6-27-14/h2-7H,8H2,1H3,(H2,19,24)(H,20,23)(H,21,26)/t17-/m0/s1. The van der Waals surface area contributed by atoms with Crippen LogP contribution in [0.2, 0.25) is 0 Å². The average Bonchev–Trinajstić information content (AvgIpc) is 3.14. The molecule has 1 saturated heterocycles. The molecule has 1 aromatic heterocycles. The van der Waals surface area contributed by atoms with Crippen molar-refractivity contribution in [2.24, 2.45) is 5.73 Å². The molecule has 1 fully saturated rings. The van der Waals surface area contributed by atoms with E-state index in [2.05, 4.69) is 26.6 Å². The number of anilines is 1. The summed E-state index contributed by atoms with van der Waals surface area (Å²) in [6, 6.07) is 7.82. The van der Waals surface area contributed by atoms with Gasteiger partial charge in [-0.2, -0.15) is 0 Å². The van der Waals surface area contributed by atoms with Crippen molar-refractivity contribution in [2.75, 3.05) is 11.9 Å². The molecule has 3 rings (SSSR count). The maximum absolute atomic E-state index is 12.8. The highest BCUT2D eigenvalue weighted by molar-refractivity contribution is 9.10. The van der Waals surface area contributed by atoms with E-state index in [-0.39, 0.29) is 10.6 Å². The summed E-state index contributed by atoms with van der Waals surface area (Å²) < 4.78 is 0.760. The van der Waals surface area contributed by atoms with Crippen molar-refractivity contribution < 1.29 is 19.2 Å². The van der Waals surface area contributed by atoms with E-state index in [1.54, 1.807) is 36.6 Å².